The van der Waals surface area contributed by atoms with E-state index in [4.69, 9.17) is 4.42 Å². The first kappa shape index (κ1) is 17.9. The molecule has 0 aliphatic heterocycles. The quantitative estimate of drug-likeness (QED) is 0.335. The summed E-state index contributed by atoms with van der Waals surface area (Å²) in [5.74, 6) is 0. The Kier molecular flexibility index (Phi) is 3.78. The molecule has 0 aliphatic carbocycles. The largest absolute Gasteiger partial charge is 0.456 e. The van der Waals surface area contributed by atoms with Gasteiger partial charge in [-0.2, -0.15) is 0 Å². The molecule has 150 valence electrons. The van der Waals surface area contributed by atoms with Crippen LogP contribution in [0.2, 0.25) is 0 Å². The van der Waals surface area contributed by atoms with Crippen LogP contribution in [0.3, 0.4) is 0 Å². The Morgan fingerprint density at radius 2 is 1.74 bits per heavy atom. The van der Waals surface area contributed by atoms with E-state index in [1.807, 2.05) is 30.5 Å². The van der Waals surface area contributed by atoms with Gasteiger partial charge in [0.1, 0.15) is 23.6 Å². The van der Waals surface area contributed by atoms with Crippen molar-refractivity contribution in [3.05, 3.63) is 84.7 Å². The summed E-state index contributed by atoms with van der Waals surface area (Å²) in [6.45, 7) is 2.21. The van der Waals surface area contributed by atoms with E-state index in [2.05, 4.69) is 83.8 Å². The third-order valence-electron chi connectivity index (χ3n) is 6.34. The fraction of sp³-hybridized carbons (Fsp3) is 0.111. The minimum Gasteiger partial charge on any atom is -0.456 e. The Labute approximate surface area is 180 Å². The Hall–Kier alpha value is -3.92. The van der Waals surface area contributed by atoms with Crippen LogP contribution < -0.4 is 4.57 Å². The average molecular weight is 404 g/mol. The van der Waals surface area contributed by atoms with E-state index in [1.165, 1.54) is 28.1 Å². The van der Waals surface area contributed by atoms with Gasteiger partial charge in [0.25, 0.3) is 0 Å². The summed E-state index contributed by atoms with van der Waals surface area (Å²) >= 11 is 0. The number of para-hydroxylation sites is 1. The predicted octanol–water partition coefficient (Wildman–Crippen LogP) is 5.94. The Morgan fingerprint density at radius 1 is 0.903 bits per heavy atom. The van der Waals surface area contributed by atoms with Gasteiger partial charge in [0.15, 0.2) is 6.20 Å². The predicted molar refractivity (Wildman–Crippen MR) is 125 cm³/mol. The molecule has 4 heterocycles. The number of benzene rings is 2. The average Bonchev–Trinajstić information content (AvgIpc) is 3.33. The van der Waals surface area contributed by atoms with E-state index in [-0.39, 0.29) is 0 Å². The van der Waals surface area contributed by atoms with Crippen LogP contribution in [-0.4, -0.2) is 9.55 Å². The Morgan fingerprint density at radius 3 is 2.61 bits per heavy atom. The molecular weight excluding hydrogens is 382 g/mol. The third-order valence-corrected chi connectivity index (χ3v) is 6.34. The van der Waals surface area contributed by atoms with Crippen LogP contribution >= 0.6 is 0 Å². The number of aromatic nitrogens is 3. The highest BCUT2D eigenvalue weighted by molar-refractivity contribution is 6.10. The topological polar surface area (TPSA) is 34.8 Å². The number of furan rings is 1. The first-order valence-corrected chi connectivity index (χ1v) is 10.4. The molecule has 0 spiro atoms. The monoisotopic (exact) mass is 404 g/mol. The summed E-state index contributed by atoms with van der Waals surface area (Å²) in [6, 6.07) is 23.1. The fourth-order valence-electron chi connectivity index (χ4n) is 4.77. The van der Waals surface area contributed by atoms with Crippen LogP contribution in [0.1, 0.15) is 5.56 Å². The summed E-state index contributed by atoms with van der Waals surface area (Å²) in [7, 11) is 4.21. The maximum atomic E-state index is 6.16. The van der Waals surface area contributed by atoms with Crippen molar-refractivity contribution in [1.82, 2.24) is 9.55 Å². The molecule has 0 radical (unpaired) electrons. The van der Waals surface area contributed by atoms with Crippen LogP contribution in [0.15, 0.2) is 83.5 Å². The zero-order valence-electron chi connectivity index (χ0n) is 17.8. The molecule has 0 saturated heterocycles. The molecule has 0 N–H and O–H groups in total. The maximum Gasteiger partial charge on any atom is 0.224 e. The molecule has 0 aliphatic rings. The smallest absolute Gasteiger partial charge is 0.224 e. The van der Waals surface area contributed by atoms with Gasteiger partial charge in [-0.1, -0.05) is 30.3 Å². The molecule has 0 bridgehead atoms. The number of nitrogens with zero attached hydrogens (tertiary/aromatic N) is 3. The molecule has 0 saturated carbocycles. The lowest BCUT2D eigenvalue weighted by Gasteiger charge is -2.12. The molecule has 4 heteroatoms. The van der Waals surface area contributed by atoms with Crippen LogP contribution in [0.4, 0.5) is 0 Å². The van der Waals surface area contributed by atoms with E-state index < -0.39 is 0 Å². The maximum absolute atomic E-state index is 6.16. The second-order valence-corrected chi connectivity index (χ2v) is 8.09. The highest BCUT2D eigenvalue weighted by Crippen LogP contribution is 2.38. The molecule has 6 rings (SSSR count). The van der Waals surface area contributed by atoms with Gasteiger partial charge in [-0.15, -0.1) is 0 Å². The molecule has 0 amide bonds. The number of aryl methyl sites for hydroxylation is 2. The molecule has 0 atom stereocenters. The molecule has 31 heavy (non-hydrogen) atoms. The number of pyridine rings is 2. The number of hydrogen-bond acceptors (Lipinski definition) is 2. The lowest BCUT2D eigenvalue weighted by atomic mass is 9.95. The van der Waals surface area contributed by atoms with Gasteiger partial charge in [-0.05, 0) is 42.8 Å². The van der Waals surface area contributed by atoms with E-state index in [1.54, 1.807) is 0 Å². The van der Waals surface area contributed by atoms with Crippen molar-refractivity contribution in [2.75, 3.05) is 0 Å². The van der Waals surface area contributed by atoms with Gasteiger partial charge in [0.05, 0.1) is 22.3 Å². The van der Waals surface area contributed by atoms with Crippen molar-refractivity contribution in [2.24, 2.45) is 14.1 Å². The van der Waals surface area contributed by atoms with Crippen LogP contribution in [0.25, 0.3) is 55.5 Å². The van der Waals surface area contributed by atoms with E-state index in [0.717, 1.165) is 33.0 Å². The van der Waals surface area contributed by atoms with Gasteiger partial charge < -0.3 is 8.98 Å². The van der Waals surface area contributed by atoms with Crippen molar-refractivity contribution < 1.29 is 8.98 Å². The number of hydrogen-bond donors (Lipinski definition) is 0. The first-order valence-electron chi connectivity index (χ1n) is 10.4. The third kappa shape index (κ3) is 2.55. The number of fused-ring (bicyclic) bond motifs is 4. The molecule has 6 aromatic rings. The fourth-order valence-corrected chi connectivity index (χ4v) is 4.77. The van der Waals surface area contributed by atoms with Gasteiger partial charge in [0, 0.05) is 30.3 Å². The second kappa shape index (κ2) is 6.54. The minimum atomic E-state index is 0.910. The highest BCUT2D eigenvalue weighted by atomic mass is 16.3. The Bertz CT molecular complexity index is 1620. The van der Waals surface area contributed by atoms with Gasteiger partial charge in [-0.25, -0.2) is 4.57 Å². The van der Waals surface area contributed by atoms with Crippen molar-refractivity contribution in [1.29, 1.82) is 0 Å². The van der Waals surface area contributed by atoms with Crippen LogP contribution in [0, 0.1) is 6.92 Å². The molecule has 0 unspecified atom stereocenters. The van der Waals surface area contributed by atoms with Crippen molar-refractivity contribution in [3.8, 4) is 22.5 Å². The highest BCUT2D eigenvalue weighted by Gasteiger charge is 2.23. The molecule has 4 aromatic heterocycles. The second-order valence-electron chi connectivity index (χ2n) is 8.09. The minimum absolute atomic E-state index is 0.910. The molecular formula is C27H22N3O+. The summed E-state index contributed by atoms with van der Waals surface area (Å²) in [5, 5.41) is 2.29. The van der Waals surface area contributed by atoms with Crippen LogP contribution in [-0.2, 0) is 14.1 Å². The van der Waals surface area contributed by atoms with Crippen molar-refractivity contribution in [3.63, 3.8) is 0 Å². The zero-order valence-corrected chi connectivity index (χ0v) is 17.8. The molecule has 2 aromatic carbocycles. The lowest BCUT2D eigenvalue weighted by molar-refractivity contribution is -0.659. The van der Waals surface area contributed by atoms with Crippen molar-refractivity contribution >= 4 is 33.0 Å². The summed E-state index contributed by atoms with van der Waals surface area (Å²) < 4.78 is 10.6. The van der Waals surface area contributed by atoms with Gasteiger partial charge in [-0.3, -0.25) is 4.98 Å². The Balaban J connectivity index is 1.66. The number of rotatable bonds is 2. The van der Waals surface area contributed by atoms with E-state index >= 15 is 0 Å². The van der Waals surface area contributed by atoms with Crippen LogP contribution in [0.5, 0.6) is 0 Å². The lowest BCUT2D eigenvalue weighted by Crippen LogP contribution is -2.30. The summed E-state index contributed by atoms with van der Waals surface area (Å²) in [4.78, 5) is 4.54. The van der Waals surface area contributed by atoms with E-state index in [9.17, 15) is 0 Å². The van der Waals surface area contributed by atoms with Gasteiger partial charge >= 0.3 is 0 Å². The van der Waals surface area contributed by atoms with Crippen molar-refractivity contribution in [2.45, 2.75) is 6.92 Å². The zero-order chi connectivity index (χ0) is 21.1. The molecule has 4 nitrogen and oxygen atoms in total. The first-order chi connectivity index (χ1) is 15.1. The molecule has 0 fully saturated rings. The van der Waals surface area contributed by atoms with E-state index in [0.29, 0.717) is 0 Å². The van der Waals surface area contributed by atoms with Gasteiger partial charge in [0.2, 0.25) is 5.69 Å². The normalized spacial score (nSPS) is 11.7. The SMILES string of the molecule is Cc1c(-c2cc3ncccc3n2C)cccc1-c1c2c(cc[n+]1C)oc1ccccc12. The summed E-state index contributed by atoms with van der Waals surface area (Å²) in [6.07, 6.45) is 3.92. The standard InChI is InChI=1S/C27H22N3O/c1-17-18(23-16-21-22(30(23)3)11-7-14-28-21)9-6-10-19(17)27-26-20-8-4-5-12-24(20)31-25(26)13-15-29(27)2/h4-16H,1-3H3/q+1. The summed E-state index contributed by atoms with van der Waals surface area (Å²) in [5.41, 5.74) is 9.96.